The van der Waals surface area contributed by atoms with Crippen LogP contribution in [-0.2, 0) is 6.42 Å². The summed E-state index contributed by atoms with van der Waals surface area (Å²) in [6, 6.07) is 10.2. The van der Waals surface area contributed by atoms with Gasteiger partial charge in [-0.15, -0.1) is 0 Å². The van der Waals surface area contributed by atoms with Gasteiger partial charge in [0, 0.05) is 24.7 Å². The number of hydrogen-bond acceptors (Lipinski definition) is 3. The lowest BCUT2D eigenvalue weighted by Crippen LogP contribution is -2.39. The van der Waals surface area contributed by atoms with E-state index in [-0.39, 0.29) is 5.91 Å². The van der Waals surface area contributed by atoms with Crippen molar-refractivity contribution in [2.45, 2.75) is 25.8 Å². The SMILES string of the molecule is CCc1occc1C(=O)N1CCC(NC)c2ccccc21. The average Bonchev–Trinajstić information content (AvgIpc) is 3.01. The molecule has 0 saturated carbocycles. The van der Waals surface area contributed by atoms with Gasteiger partial charge in [0.15, 0.2) is 0 Å². The van der Waals surface area contributed by atoms with Crippen molar-refractivity contribution in [2.24, 2.45) is 0 Å². The van der Waals surface area contributed by atoms with Crippen LogP contribution < -0.4 is 10.2 Å². The van der Waals surface area contributed by atoms with Crippen molar-refractivity contribution >= 4 is 11.6 Å². The Morgan fingerprint density at radius 3 is 2.95 bits per heavy atom. The highest BCUT2D eigenvalue weighted by molar-refractivity contribution is 6.07. The highest BCUT2D eigenvalue weighted by Gasteiger charge is 2.29. The number of furan rings is 1. The average molecular weight is 284 g/mol. The molecule has 4 nitrogen and oxygen atoms in total. The minimum absolute atomic E-state index is 0.0302. The number of hydrogen-bond donors (Lipinski definition) is 1. The van der Waals surface area contributed by atoms with Gasteiger partial charge in [0.2, 0.25) is 0 Å². The molecule has 1 atom stereocenters. The first-order chi connectivity index (χ1) is 10.3. The number of carbonyl (C=O) groups is 1. The van der Waals surface area contributed by atoms with Gasteiger partial charge in [-0.25, -0.2) is 0 Å². The molecule has 1 N–H and O–H groups in total. The van der Waals surface area contributed by atoms with E-state index in [1.165, 1.54) is 5.56 Å². The Morgan fingerprint density at radius 1 is 1.38 bits per heavy atom. The van der Waals surface area contributed by atoms with Gasteiger partial charge in [0.1, 0.15) is 5.76 Å². The smallest absolute Gasteiger partial charge is 0.261 e. The van der Waals surface area contributed by atoms with E-state index in [0.717, 1.165) is 30.8 Å². The number of fused-ring (bicyclic) bond motifs is 1. The van der Waals surface area contributed by atoms with Crippen LogP contribution in [0.25, 0.3) is 0 Å². The summed E-state index contributed by atoms with van der Waals surface area (Å²) in [5.74, 6) is 0.788. The summed E-state index contributed by atoms with van der Waals surface area (Å²) in [6.07, 6.45) is 3.24. The summed E-state index contributed by atoms with van der Waals surface area (Å²) in [4.78, 5) is 14.7. The van der Waals surface area contributed by atoms with Gasteiger partial charge in [0.25, 0.3) is 5.91 Å². The monoisotopic (exact) mass is 284 g/mol. The maximum absolute atomic E-state index is 12.8. The first-order valence-electron chi connectivity index (χ1n) is 7.40. The second kappa shape index (κ2) is 5.74. The Kier molecular flexibility index (Phi) is 3.80. The van der Waals surface area contributed by atoms with Gasteiger partial charge in [-0.2, -0.15) is 0 Å². The minimum Gasteiger partial charge on any atom is -0.469 e. The van der Waals surface area contributed by atoms with Crippen LogP contribution >= 0.6 is 0 Å². The molecule has 1 aromatic heterocycles. The van der Waals surface area contributed by atoms with E-state index < -0.39 is 0 Å². The van der Waals surface area contributed by atoms with Crippen LogP contribution in [0.3, 0.4) is 0 Å². The Hall–Kier alpha value is -2.07. The van der Waals surface area contributed by atoms with Crippen molar-refractivity contribution in [1.29, 1.82) is 0 Å². The Morgan fingerprint density at radius 2 is 2.19 bits per heavy atom. The molecule has 4 heteroatoms. The van der Waals surface area contributed by atoms with Crippen LogP contribution in [0.5, 0.6) is 0 Å². The molecule has 0 spiro atoms. The molecule has 3 rings (SSSR count). The third-order valence-corrected chi connectivity index (χ3v) is 4.13. The molecule has 0 radical (unpaired) electrons. The molecule has 0 bridgehead atoms. The van der Waals surface area contributed by atoms with Crippen LogP contribution in [0, 0.1) is 0 Å². The molecule has 21 heavy (non-hydrogen) atoms. The highest BCUT2D eigenvalue weighted by Crippen LogP contribution is 2.34. The van der Waals surface area contributed by atoms with E-state index >= 15 is 0 Å². The lowest BCUT2D eigenvalue weighted by molar-refractivity contribution is 0.0982. The van der Waals surface area contributed by atoms with Crippen molar-refractivity contribution in [3.8, 4) is 0 Å². The third kappa shape index (κ3) is 2.36. The first kappa shape index (κ1) is 13.9. The number of rotatable bonds is 3. The number of para-hydroxylation sites is 1. The largest absolute Gasteiger partial charge is 0.469 e. The fourth-order valence-corrected chi connectivity index (χ4v) is 3.02. The normalized spacial score (nSPS) is 17.6. The van der Waals surface area contributed by atoms with E-state index in [0.29, 0.717) is 11.6 Å². The summed E-state index contributed by atoms with van der Waals surface area (Å²) < 4.78 is 5.40. The first-order valence-corrected chi connectivity index (χ1v) is 7.40. The predicted octanol–water partition coefficient (Wildman–Crippen LogP) is 3.15. The van der Waals surface area contributed by atoms with E-state index in [1.54, 1.807) is 12.3 Å². The van der Waals surface area contributed by atoms with Crippen LogP contribution in [0.4, 0.5) is 5.69 Å². The molecule has 2 aromatic rings. The Bertz CT molecular complexity index is 648. The summed E-state index contributed by atoms with van der Waals surface area (Å²) in [5, 5.41) is 3.32. The number of aryl methyl sites for hydroxylation is 1. The number of carbonyl (C=O) groups excluding carboxylic acids is 1. The minimum atomic E-state index is 0.0302. The van der Waals surface area contributed by atoms with Gasteiger partial charge >= 0.3 is 0 Å². The molecule has 0 fully saturated rings. The molecule has 110 valence electrons. The number of amides is 1. The zero-order chi connectivity index (χ0) is 14.8. The molecule has 0 saturated heterocycles. The fraction of sp³-hybridized carbons (Fsp3) is 0.353. The molecule has 1 aliphatic heterocycles. The maximum atomic E-state index is 12.8. The van der Waals surface area contributed by atoms with Gasteiger partial charge in [-0.3, -0.25) is 4.79 Å². The zero-order valence-electron chi connectivity index (χ0n) is 12.4. The third-order valence-electron chi connectivity index (χ3n) is 4.13. The van der Waals surface area contributed by atoms with E-state index in [4.69, 9.17) is 4.42 Å². The summed E-state index contributed by atoms with van der Waals surface area (Å²) >= 11 is 0. The molecular weight excluding hydrogens is 264 g/mol. The van der Waals surface area contributed by atoms with Crippen LogP contribution in [0.2, 0.25) is 0 Å². The van der Waals surface area contributed by atoms with Crippen LogP contribution in [0.15, 0.2) is 41.0 Å². The second-order valence-corrected chi connectivity index (χ2v) is 5.26. The molecular formula is C17H20N2O2. The van der Waals surface area contributed by atoms with Gasteiger partial charge in [0.05, 0.1) is 11.8 Å². The molecule has 1 aromatic carbocycles. The summed E-state index contributed by atoms with van der Waals surface area (Å²) in [7, 11) is 1.96. The van der Waals surface area contributed by atoms with Crippen molar-refractivity contribution < 1.29 is 9.21 Å². The standard InChI is InChI=1S/C17H20N2O2/c1-3-16-13(9-11-21-16)17(20)19-10-8-14(18-2)12-6-4-5-7-15(12)19/h4-7,9,11,14,18H,3,8,10H2,1-2H3. The number of nitrogens with zero attached hydrogens (tertiary/aromatic N) is 1. The van der Waals surface area contributed by atoms with E-state index in [9.17, 15) is 4.79 Å². The number of anilines is 1. The molecule has 0 aliphatic carbocycles. The predicted molar refractivity (Wildman–Crippen MR) is 82.6 cm³/mol. The Balaban J connectivity index is 1.98. The van der Waals surface area contributed by atoms with Crippen molar-refractivity contribution in [3.05, 3.63) is 53.5 Å². The van der Waals surface area contributed by atoms with Crippen LogP contribution in [0.1, 0.15) is 41.1 Å². The maximum Gasteiger partial charge on any atom is 0.261 e. The summed E-state index contributed by atoms with van der Waals surface area (Å²) in [5.41, 5.74) is 2.85. The van der Waals surface area contributed by atoms with Crippen molar-refractivity contribution in [1.82, 2.24) is 5.32 Å². The fourth-order valence-electron chi connectivity index (χ4n) is 3.02. The quantitative estimate of drug-likeness (QED) is 0.941. The molecule has 2 heterocycles. The lowest BCUT2D eigenvalue weighted by atomic mass is 9.96. The number of benzene rings is 1. The van der Waals surface area contributed by atoms with E-state index in [1.807, 2.05) is 37.1 Å². The Labute approximate surface area is 124 Å². The van der Waals surface area contributed by atoms with Gasteiger partial charge < -0.3 is 14.6 Å². The molecule has 1 unspecified atom stereocenters. The van der Waals surface area contributed by atoms with Crippen LogP contribution in [-0.4, -0.2) is 19.5 Å². The molecule has 1 amide bonds. The van der Waals surface area contributed by atoms with Crippen molar-refractivity contribution in [3.63, 3.8) is 0 Å². The molecule has 1 aliphatic rings. The van der Waals surface area contributed by atoms with Gasteiger partial charge in [-0.05, 0) is 31.2 Å². The number of nitrogens with one attached hydrogen (secondary N) is 1. The zero-order valence-corrected chi connectivity index (χ0v) is 12.4. The highest BCUT2D eigenvalue weighted by atomic mass is 16.3. The van der Waals surface area contributed by atoms with Gasteiger partial charge in [-0.1, -0.05) is 25.1 Å². The topological polar surface area (TPSA) is 45.5 Å². The second-order valence-electron chi connectivity index (χ2n) is 5.26. The van der Waals surface area contributed by atoms with Crippen molar-refractivity contribution in [2.75, 3.05) is 18.5 Å². The summed E-state index contributed by atoms with van der Waals surface area (Å²) in [6.45, 7) is 2.71. The van der Waals surface area contributed by atoms with E-state index in [2.05, 4.69) is 11.4 Å². The lowest BCUT2D eigenvalue weighted by Gasteiger charge is -2.34.